The summed E-state index contributed by atoms with van der Waals surface area (Å²) in [6, 6.07) is 10.1. The SMILES string of the molecule is CC(C)(C)OC(=O)NCCC=Cc1ccccc1. The van der Waals surface area contributed by atoms with Crippen molar-refractivity contribution < 1.29 is 9.53 Å². The average molecular weight is 247 g/mol. The van der Waals surface area contributed by atoms with E-state index in [0.717, 1.165) is 12.0 Å². The molecule has 0 heterocycles. The molecule has 3 nitrogen and oxygen atoms in total. The lowest BCUT2D eigenvalue weighted by Gasteiger charge is -2.19. The number of carbonyl (C=O) groups excluding carboxylic acids is 1. The van der Waals surface area contributed by atoms with Crippen LogP contribution < -0.4 is 5.32 Å². The fourth-order valence-corrected chi connectivity index (χ4v) is 1.36. The van der Waals surface area contributed by atoms with Crippen LogP contribution in [0.15, 0.2) is 36.4 Å². The largest absolute Gasteiger partial charge is 0.444 e. The molecule has 1 aromatic carbocycles. The van der Waals surface area contributed by atoms with Gasteiger partial charge in [0.05, 0.1) is 0 Å². The van der Waals surface area contributed by atoms with Crippen LogP contribution in [-0.4, -0.2) is 18.2 Å². The van der Waals surface area contributed by atoms with Crippen LogP contribution in [0.3, 0.4) is 0 Å². The van der Waals surface area contributed by atoms with Gasteiger partial charge in [-0.1, -0.05) is 42.5 Å². The van der Waals surface area contributed by atoms with E-state index in [4.69, 9.17) is 4.74 Å². The minimum Gasteiger partial charge on any atom is -0.444 e. The van der Waals surface area contributed by atoms with Crippen molar-refractivity contribution in [2.45, 2.75) is 32.8 Å². The lowest BCUT2D eigenvalue weighted by Crippen LogP contribution is -2.32. The summed E-state index contributed by atoms with van der Waals surface area (Å²) in [5.74, 6) is 0. The van der Waals surface area contributed by atoms with Gasteiger partial charge in [0.25, 0.3) is 0 Å². The summed E-state index contributed by atoms with van der Waals surface area (Å²) in [5.41, 5.74) is 0.721. The predicted octanol–water partition coefficient (Wildman–Crippen LogP) is 3.61. The van der Waals surface area contributed by atoms with Gasteiger partial charge in [-0.05, 0) is 32.8 Å². The van der Waals surface area contributed by atoms with Crippen molar-refractivity contribution in [3.63, 3.8) is 0 Å². The van der Waals surface area contributed by atoms with Crippen molar-refractivity contribution in [3.05, 3.63) is 42.0 Å². The molecule has 0 aliphatic carbocycles. The Kier molecular flexibility index (Phi) is 5.43. The first-order chi connectivity index (χ1) is 8.47. The molecule has 98 valence electrons. The van der Waals surface area contributed by atoms with Crippen LogP contribution in [0.5, 0.6) is 0 Å². The van der Waals surface area contributed by atoms with Crippen molar-refractivity contribution in [1.29, 1.82) is 0 Å². The van der Waals surface area contributed by atoms with Crippen LogP contribution in [0.25, 0.3) is 6.08 Å². The normalized spacial score (nSPS) is 11.5. The highest BCUT2D eigenvalue weighted by atomic mass is 16.6. The number of amides is 1. The van der Waals surface area contributed by atoms with Crippen LogP contribution in [0, 0.1) is 0 Å². The molecule has 1 rings (SSSR count). The minimum atomic E-state index is -0.441. The summed E-state index contributed by atoms with van der Waals surface area (Å²) in [6.45, 7) is 6.13. The zero-order valence-corrected chi connectivity index (χ0v) is 11.3. The van der Waals surface area contributed by atoms with Gasteiger partial charge in [0.1, 0.15) is 5.60 Å². The molecule has 0 spiro atoms. The molecule has 0 radical (unpaired) electrons. The molecule has 1 aromatic rings. The zero-order chi connectivity index (χ0) is 13.4. The van der Waals surface area contributed by atoms with E-state index in [2.05, 4.69) is 5.32 Å². The topological polar surface area (TPSA) is 38.3 Å². The Hall–Kier alpha value is -1.77. The summed E-state index contributed by atoms with van der Waals surface area (Å²) in [5, 5.41) is 2.71. The van der Waals surface area contributed by atoms with E-state index in [0.29, 0.717) is 6.54 Å². The van der Waals surface area contributed by atoms with Gasteiger partial charge in [-0.2, -0.15) is 0 Å². The molecular weight excluding hydrogens is 226 g/mol. The van der Waals surface area contributed by atoms with Gasteiger partial charge in [0, 0.05) is 6.54 Å². The lowest BCUT2D eigenvalue weighted by atomic mass is 10.2. The van der Waals surface area contributed by atoms with Crippen LogP contribution >= 0.6 is 0 Å². The molecule has 0 aliphatic heterocycles. The van der Waals surface area contributed by atoms with E-state index in [-0.39, 0.29) is 6.09 Å². The summed E-state index contributed by atoms with van der Waals surface area (Å²) in [7, 11) is 0. The minimum absolute atomic E-state index is 0.365. The quantitative estimate of drug-likeness (QED) is 0.825. The van der Waals surface area contributed by atoms with Crippen LogP contribution in [-0.2, 0) is 4.74 Å². The molecule has 0 fully saturated rings. The summed E-state index contributed by atoms with van der Waals surface area (Å²) >= 11 is 0. The van der Waals surface area contributed by atoms with E-state index in [1.54, 1.807) is 0 Å². The molecule has 3 heteroatoms. The van der Waals surface area contributed by atoms with E-state index in [1.165, 1.54) is 0 Å². The highest BCUT2D eigenvalue weighted by Gasteiger charge is 2.14. The van der Waals surface area contributed by atoms with Crippen LogP contribution in [0.4, 0.5) is 4.79 Å². The third-order valence-electron chi connectivity index (χ3n) is 2.09. The number of hydrogen-bond donors (Lipinski definition) is 1. The molecule has 0 atom stereocenters. The van der Waals surface area contributed by atoms with Gasteiger partial charge in [-0.15, -0.1) is 0 Å². The molecule has 0 aliphatic rings. The Morgan fingerprint density at radius 2 is 1.94 bits per heavy atom. The monoisotopic (exact) mass is 247 g/mol. The van der Waals surface area contributed by atoms with Gasteiger partial charge in [-0.25, -0.2) is 4.79 Å². The van der Waals surface area contributed by atoms with Crippen LogP contribution in [0.2, 0.25) is 0 Å². The van der Waals surface area contributed by atoms with Gasteiger partial charge < -0.3 is 10.1 Å². The maximum absolute atomic E-state index is 11.3. The third-order valence-corrected chi connectivity index (χ3v) is 2.09. The van der Waals surface area contributed by atoms with Gasteiger partial charge in [0.15, 0.2) is 0 Å². The van der Waals surface area contributed by atoms with E-state index in [1.807, 2.05) is 63.3 Å². The summed E-state index contributed by atoms with van der Waals surface area (Å²) in [4.78, 5) is 11.3. The fraction of sp³-hybridized carbons (Fsp3) is 0.400. The van der Waals surface area contributed by atoms with E-state index >= 15 is 0 Å². The molecule has 0 bridgehead atoms. The summed E-state index contributed by atoms with van der Waals surface area (Å²) < 4.78 is 5.13. The predicted molar refractivity (Wildman–Crippen MR) is 74.3 cm³/mol. The second-order valence-corrected chi connectivity index (χ2v) is 5.03. The zero-order valence-electron chi connectivity index (χ0n) is 11.3. The fourth-order valence-electron chi connectivity index (χ4n) is 1.36. The van der Waals surface area contributed by atoms with Crippen LogP contribution in [0.1, 0.15) is 32.8 Å². The first kappa shape index (κ1) is 14.3. The van der Waals surface area contributed by atoms with Crippen molar-refractivity contribution in [2.75, 3.05) is 6.54 Å². The number of alkyl carbamates (subject to hydrolysis) is 1. The molecule has 0 saturated carbocycles. The molecule has 1 amide bonds. The highest BCUT2D eigenvalue weighted by molar-refractivity contribution is 5.67. The number of nitrogens with one attached hydrogen (secondary N) is 1. The Labute approximate surface area is 109 Å². The molecule has 0 aromatic heterocycles. The first-order valence-electron chi connectivity index (χ1n) is 6.16. The maximum Gasteiger partial charge on any atom is 0.407 e. The number of benzene rings is 1. The Morgan fingerprint density at radius 3 is 2.56 bits per heavy atom. The Bertz CT molecular complexity index is 391. The van der Waals surface area contributed by atoms with E-state index < -0.39 is 5.60 Å². The van der Waals surface area contributed by atoms with Crippen molar-refractivity contribution in [2.24, 2.45) is 0 Å². The summed E-state index contributed by atoms with van der Waals surface area (Å²) in [6.07, 6.45) is 4.49. The number of rotatable bonds is 4. The second kappa shape index (κ2) is 6.84. The number of hydrogen-bond acceptors (Lipinski definition) is 2. The highest BCUT2D eigenvalue weighted by Crippen LogP contribution is 2.06. The van der Waals surface area contributed by atoms with Crippen molar-refractivity contribution in [3.8, 4) is 0 Å². The van der Waals surface area contributed by atoms with Gasteiger partial charge >= 0.3 is 6.09 Å². The standard InChI is InChI=1S/C15H21NO2/c1-15(2,3)18-14(17)16-12-8-7-11-13-9-5-4-6-10-13/h4-7,9-11H,8,12H2,1-3H3,(H,16,17). The average Bonchev–Trinajstić information content (AvgIpc) is 2.27. The second-order valence-electron chi connectivity index (χ2n) is 5.03. The maximum atomic E-state index is 11.3. The Morgan fingerprint density at radius 1 is 1.28 bits per heavy atom. The Balaban J connectivity index is 2.19. The van der Waals surface area contributed by atoms with Gasteiger partial charge in [-0.3, -0.25) is 0 Å². The molecular formula is C15H21NO2. The van der Waals surface area contributed by atoms with Gasteiger partial charge in [0.2, 0.25) is 0 Å². The first-order valence-corrected chi connectivity index (χ1v) is 6.16. The smallest absolute Gasteiger partial charge is 0.407 e. The van der Waals surface area contributed by atoms with Crippen molar-refractivity contribution in [1.82, 2.24) is 5.32 Å². The van der Waals surface area contributed by atoms with E-state index in [9.17, 15) is 4.79 Å². The molecule has 0 saturated heterocycles. The number of carbonyl (C=O) groups is 1. The molecule has 1 N–H and O–H groups in total. The van der Waals surface area contributed by atoms with Crippen molar-refractivity contribution >= 4 is 12.2 Å². The number of ether oxygens (including phenoxy) is 1. The third kappa shape index (κ3) is 6.74. The lowest BCUT2D eigenvalue weighted by molar-refractivity contribution is 0.0529. The molecule has 0 unspecified atom stereocenters. The molecule has 18 heavy (non-hydrogen) atoms.